The van der Waals surface area contributed by atoms with Crippen molar-refractivity contribution in [3.05, 3.63) is 40.9 Å². The van der Waals surface area contributed by atoms with Gasteiger partial charge in [0.1, 0.15) is 5.82 Å². The highest BCUT2D eigenvalue weighted by Gasteiger charge is 2.35. The van der Waals surface area contributed by atoms with Gasteiger partial charge in [-0.2, -0.15) is 0 Å². The van der Waals surface area contributed by atoms with Gasteiger partial charge in [0.05, 0.1) is 16.8 Å². The van der Waals surface area contributed by atoms with Gasteiger partial charge in [0.15, 0.2) is 0 Å². The molecule has 2 heterocycles. The number of rotatable bonds is 3. The molecule has 2 aliphatic rings. The van der Waals surface area contributed by atoms with Gasteiger partial charge in [-0.05, 0) is 25.0 Å². The smallest absolute Gasteiger partial charge is 0.293 e. The predicted molar refractivity (Wildman–Crippen MR) is 80.3 cm³/mol. The van der Waals surface area contributed by atoms with Crippen LogP contribution in [-0.2, 0) is 0 Å². The van der Waals surface area contributed by atoms with Gasteiger partial charge in [0.25, 0.3) is 5.91 Å². The molecule has 4 rings (SSSR count). The summed E-state index contributed by atoms with van der Waals surface area (Å²) < 4.78 is 1.68. The van der Waals surface area contributed by atoms with E-state index >= 15 is 0 Å². The molecule has 1 N–H and O–H groups in total. The SMILES string of the molecule is O=C(c1nc(C2CC2)n(-c2ccccc2Cl)n1)N1CC(O)C1. The topological polar surface area (TPSA) is 71.2 Å². The molecule has 0 unspecified atom stereocenters. The summed E-state index contributed by atoms with van der Waals surface area (Å²) in [6, 6.07) is 7.40. The van der Waals surface area contributed by atoms with Crippen LogP contribution in [0.25, 0.3) is 5.69 Å². The zero-order valence-electron chi connectivity index (χ0n) is 11.8. The standard InChI is InChI=1S/C15H15ClN4O2/c16-11-3-1-2-4-12(11)20-14(9-5-6-9)17-13(18-20)15(22)19-7-10(21)8-19/h1-4,9-10,21H,5-8H2. The van der Waals surface area contributed by atoms with Crippen molar-refractivity contribution in [3.63, 3.8) is 0 Å². The molecule has 6 nitrogen and oxygen atoms in total. The Labute approximate surface area is 132 Å². The first-order valence-corrected chi connectivity index (χ1v) is 7.70. The summed E-state index contributed by atoms with van der Waals surface area (Å²) in [7, 11) is 0. The molecule has 2 aromatic rings. The number of β-amino-alcohol motifs (C(OH)–C–C–N with tert-alkyl or cyclic N) is 1. The number of halogens is 1. The number of hydrogen-bond acceptors (Lipinski definition) is 4. The average molecular weight is 319 g/mol. The minimum atomic E-state index is -0.433. The summed E-state index contributed by atoms with van der Waals surface area (Å²) in [6.45, 7) is 0.691. The fourth-order valence-corrected chi connectivity index (χ4v) is 2.80. The van der Waals surface area contributed by atoms with Crippen LogP contribution < -0.4 is 0 Å². The van der Waals surface area contributed by atoms with E-state index in [0.29, 0.717) is 24.0 Å². The van der Waals surface area contributed by atoms with Crippen molar-refractivity contribution >= 4 is 17.5 Å². The third kappa shape index (κ3) is 2.28. The van der Waals surface area contributed by atoms with Gasteiger partial charge in [-0.1, -0.05) is 23.7 Å². The van der Waals surface area contributed by atoms with Crippen molar-refractivity contribution in [1.82, 2.24) is 19.7 Å². The summed E-state index contributed by atoms with van der Waals surface area (Å²) in [5, 5.41) is 14.3. The van der Waals surface area contributed by atoms with Crippen molar-refractivity contribution in [1.29, 1.82) is 0 Å². The van der Waals surface area contributed by atoms with Crippen LogP contribution in [0.5, 0.6) is 0 Å². The van der Waals surface area contributed by atoms with Gasteiger partial charge in [0, 0.05) is 19.0 Å². The van der Waals surface area contributed by atoms with Crippen molar-refractivity contribution in [3.8, 4) is 5.69 Å². The molecule has 1 aromatic carbocycles. The fraction of sp³-hybridized carbons (Fsp3) is 0.400. The molecule has 0 bridgehead atoms. The first kappa shape index (κ1) is 13.7. The van der Waals surface area contributed by atoms with Crippen LogP contribution in [-0.4, -0.2) is 49.9 Å². The van der Waals surface area contributed by atoms with E-state index in [4.69, 9.17) is 11.6 Å². The summed E-state index contributed by atoms with van der Waals surface area (Å²) >= 11 is 6.25. The first-order chi connectivity index (χ1) is 10.6. The first-order valence-electron chi connectivity index (χ1n) is 7.32. The van der Waals surface area contributed by atoms with E-state index in [1.165, 1.54) is 0 Å². The van der Waals surface area contributed by atoms with Crippen molar-refractivity contribution in [2.75, 3.05) is 13.1 Å². The van der Waals surface area contributed by atoms with Crippen LogP contribution in [0.2, 0.25) is 5.02 Å². The summed E-state index contributed by atoms with van der Waals surface area (Å²) in [4.78, 5) is 18.3. The van der Waals surface area contributed by atoms with Crippen molar-refractivity contribution in [2.45, 2.75) is 24.9 Å². The Bertz CT molecular complexity index is 735. The molecule has 0 radical (unpaired) electrons. The van der Waals surface area contributed by atoms with Gasteiger partial charge < -0.3 is 10.0 Å². The number of aliphatic hydroxyl groups is 1. The Balaban J connectivity index is 1.72. The zero-order chi connectivity index (χ0) is 15.3. The van der Waals surface area contributed by atoms with Crippen LogP contribution >= 0.6 is 11.6 Å². The second-order valence-electron chi connectivity index (χ2n) is 5.80. The number of hydrogen-bond donors (Lipinski definition) is 1. The number of nitrogens with zero attached hydrogens (tertiary/aromatic N) is 4. The van der Waals surface area contributed by atoms with Gasteiger partial charge in [-0.3, -0.25) is 4.79 Å². The monoisotopic (exact) mass is 318 g/mol. The van der Waals surface area contributed by atoms with Crippen LogP contribution in [0.4, 0.5) is 0 Å². The van der Waals surface area contributed by atoms with E-state index in [0.717, 1.165) is 24.4 Å². The van der Waals surface area contributed by atoms with Crippen molar-refractivity contribution < 1.29 is 9.90 Å². The minimum Gasteiger partial charge on any atom is -0.389 e. The van der Waals surface area contributed by atoms with Gasteiger partial charge in [-0.15, -0.1) is 5.10 Å². The molecule has 22 heavy (non-hydrogen) atoms. The van der Waals surface area contributed by atoms with Crippen LogP contribution in [0.1, 0.15) is 35.2 Å². The van der Waals surface area contributed by atoms with E-state index in [2.05, 4.69) is 10.1 Å². The predicted octanol–water partition coefficient (Wildman–Crippen LogP) is 1.61. The summed E-state index contributed by atoms with van der Waals surface area (Å²) in [5.41, 5.74) is 0.737. The maximum atomic E-state index is 12.3. The summed E-state index contributed by atoms with van der Waals surface area (Å²) in [5.74, 6) is 1.07. The lowest BCUT2D eigenvalue weighted by Crippen LogP contribution is -2.53. The third-order valence-electron chi connectivity index (χ3n) is 4.00. The highest BCUT2D eigenvalue weighted by atomic mass is 35.5. The quantitative estimate of drug-likeness (QED) is 0.933. The minimum absolute atomic E-state index is 0.175. The lowest BCUT2D eigenvalue weighted by atomic mass is 10.2. The van der Waals surface area contributed by atoms with Gasteiger partial charge in [0.2, 0.25) is 5.82 Å². The number of aromatic nitrogens is 3. The Kier molecular flexibility index (Phi) is 3.16. The van der Waals surface area contributed by atoms with Crippen LogP contribution in [0, 0.1) is 0 Å². The van der Waals surface area contributed by atoms with E-state index in [-0.39, 0.29) is 11.7 Å². The van der Waals surface area contributed by atoms with E-state index in [1.807, 2.05) is 18.2 Å². The Hall–Kier alpha value is -1.92. The van der Waals surface area contributed by atoms with E-state index < -0.39 is 6.10 Å². The molecule has 7 heteroatoms. The third-order valence-corrected chi connectivity index (χ3v) is 4.32. The van der Waals surface area contributed by atoms with Gasteiger partial charge >= 0.3 is 0 Å². The maximum Gasteiger partial charge on any atom is 0.293 e. The maximum absolute atomic E-state index is 12.3. The molecule has 1 saturated carbocycles. The molecule has 0 spiro atoms. The van der Waals surface area contributed by atoms with Crippen molar-refractivity contribution in [2.24, 2.45) is 0 Å². The molecular formula is C15H15ClN4O2. The number of amides is 1. The van der Waals surface area contributed by atoms with Crippen LogP contribution in [0.15, 0.2) is 24.3 Å². The molecule has 114 valence electrons. The van der Waals surface area contributed by atoms with E-state index in [9.17, 15) is 9.90 Å². The highest BCUT2D eigenvalue weighted by molar-refractivity contribution is 6.32. The Morgan fingerprint density at radius 2 is 2.00 bits per heavy atom. The largest absolute Gasteiger partial charge is 0.389 e. The highest BCUT2D eigenvalue weighted by Crippen LogP contribution is 2.40. The Morgan fingerprint density at radius 1 is 1.27 bits per heavy atom. The molecule has 1 aliphatic heterocycles. The molecule has 1 saturated heterocycles. The fourth-order valence-electron chi connectivity index (χ4n) is 2.58. The van der Waals surface area contributed by atoms with E-state index in [1.54, 1.807) is 15.6 Å². The number of carbonyl (C=O) groups is 1. The summed E-state index contributed by atoms with van der Waals surface area (Å²) in [6.07, 6.45) is 1.68. The normalized spacial score (nSPS) is 18.4. The molecule has 1 aliphatic carbocycles. The molecule has 1 amide bonds. The number of carbonyl (C=O) groups excluding carboxylic acids is 1. The second-order valence-corrected chi connectivity index (χ2v) is 6.20. The molecule has 0 atom stereocenters. The van der Waals surface area contributed by atoms with Crippen LogP contribution in [0.3, 0.4) is 0 Å². The second kappa shape index (κ2) is 5.07. The molecular weight excluding hydrogens is 304 g/mol. The number of aliphatic hydroxyl groups excluding tert-OH is 1. The number of benzene rings is 1. The van der Waals surface area contributed by atoms with Gasteiger partial charge in [-0.25, -0.2) is 9.67 Å². The molecule has 2 fully saturated rings. The number of likely N-dealkylation sites (tertiary alicyclic amines) is 1. The lowest BCUT2D eigenvalue weighted by Gasteiger charge is -2.34. The lowest BCUT2D eigenvalue weighted by molar-refractivity contribution is 0.00508. The average Bonchev–Trinajstić information content (AvgIpc) is 3.23. The Morgan fingerprint density at radius 3 is 2.64 bits per heavy atom. The number of para-hydroxylation sites is 1. The zero-order valence-corrected chi connectivity index (χ0v) is 12.6. The molecule has 1 aromatic heterocycles.